The average molecular weight is 617 g/mol. The summed E-state index contributed by atoms with van der Waals surface area (Å²) in [4.78, 5) is 70.7. The van der Waals surface area contributed by atoms with E-state index in [1.807, 2.05) is 0 Å². The first-order valence-electron chi connectivity index (χ1n) is 15.8. The highest BCUT2D eigenvalue weighted by Gasteiger charge is 2.23. The second-order valence-corrected chi connectivity index (χ2v) is 10.9. The predicted molar refractivity (Wildman–Crippen MR) is 165 cm³/mol. The minimum atomic E-state index is -0.997. The molecule has 1 aromatic rings. The number of unbranched alkanes of at least 4 members (excludes halogenated alkanes) is 14. The fraction of sp³-hybridized carbons (Fsp3) is 0.588. The Morgan fingerprint density at radius 2 is 0.955 bits per heavy atom. The molecule has 0 amide bonds. The molecule has 0 saturated carbocycles. The summed E-state index contributed by atoms with van der Waals surface area (Å²) in [6, 6.07) is 3.93. The van der Waals surface area contributed by atoms with Gasteiger partial charge >= 0.3 is 23.9 Å². The zero-order chi connectivity index (χ0) is 32.6. The largest absolute Gasteiger partial charge is 0.481 e. The molecule has 44 heavy (non-hydrogen) atoms. The van der Waals surface area contributed by atoms with Gasteiger partial charge in [-0.1, -0.05) is 89.7 Å². The van der Waals surface area contributed by atoms with Gasteiger partial charge in [-0.25, -0.2) is 9.59 Å². The summed E-state index contributed by atoms with van der Waals surface area (Å²) in [5, 5.41) is 17.3. The summed E-state index contributed by atoms with van der Waals surface area (Å²) in [7, 11) is 0. The molecule has 0 unspecified atom stereocenters. The summed E-state index contributed by atoms with van der Waals surface area (Å²) in [6.45, 7) is 3.88. The maximum atomic E-state index is 12.7. The second kappa shape index (κ2) is 23.6. The van der Waals surface area contributed by atoms with Crippen LogP contribution in [0.5, 0.6) is 0 Å². The van der Waals surface area contributed by atoms with E-state index in [1.54, 1.807) is 0 Å². The summed E-state index contributed by atoms with van der Waals surface area (Å²) in [6.07, 6.45) is 15.9. The number of hydrogen-bond acceptors (Lipinski definition) is 8. The van der Waals surface area contributed by atoms with Crippen molar-refractivity contribution in [2.24, 2.45) is 0 Å². The van der Waals surface area contributed by atoms with Crippen molar-refractivity contribution in [3.63, 3.8) is 0 Å². The van der Waals surface area contributed by atoms with Crippen molar-refractivity contribution >= 4 is 41.5 Å². The van der Waals surface area contributed by atoms with Crippen LogP contribution < -0.4 is 0 Å². The number of ketones is 2. The monoisotopic (exact) mass is 616 g/mol. The van der Waals surface area contributed by atoms with Crippen LogP contribution in [0.4, 0.5) is 0 Å². The fourth-order valence-corrected chi connectivity index (χ4v) is 4.65. The average Bonchev–Trinajstić information content (AvgIpc) is 3.00. The SMILES string of the molecule is C=Cc1cc(C(=O)C(=O)OCCCCCCCCCCC(=O)O)ccc1C(=O)C(=O)OCCCCCCCCCCC(=O)O. The molecule has 1 rings (SSSR count). The lowest BCUT2D eigenvalue weighted by atomic mass is 9.98. The molecule has 0 aliphatic rings. The zero-order valence-corrected chi connectivity index (χ0v) is 25.8. The number of benzene rings is 1. The van der Waals surface area contributed by atoms with Crippen LogP contribution in [0.1, 0.15) is 142 Å². The van der Waals surface area contributed by atoms with Gasteiger partial charge in [0.1, 0.15) is 0 Å². The van der Waals surface area contributed by atoms with E-state index in [0.29, 0.717) is 25.7 Å². The third-order valence-corrected chi connectivity index (χ3v) is 7.19. The maximum Gasteiger partial charge on any atom is 0.379 e. The molecule has 0 heterocycles. The summed E-state index contributed by atoms with van der Waals surface area (Å²) in [5.74, 6) is -5.23. The number of carbonyl (C=O) groups is 6. The molecule has 0 atom stereocenters. The lowest BCUT2D eigenvalue weighted by molar-refractivity contribution is -0.139. The van der Waals surface area contributed by atoms with Crippen LogP contribution in [0.2, 0.25) is 0 Å². The van der Waals surface area contributed by atoms with Gasteiger partial charge in [-0.15, -0.1) is 0 Å². The lowest BCUT2D eigenvalue weighted by Crippen LogP contribution is -2.21. The third-order valence-electron chi connectivity index (χ3n) is 7.19. The van der Waals surface area contributed by atoms with Gasteiger partial charge in [-0.05, 0) is 49.4 Å². The van der Waals surface area contributed by atoms with E-state index in [4.69, 9.17) is 19.7 Å². The third kappa shape index (κ3) is 17.3. The number of hydrogen-bond donors (Lipinski definition) is 2. The molecule has 2 N–H and O–H groups in total. The molecule has 0 spiro atoms. The number of aliphatic carboxylic acids is 2. The molecular weight excluding hydrogens is 568 g/mol. The van der Waals surface area contributed by atoms with E-state index in [1.165, 1.54) is 24.3 Å². The zero-order valence-electron chi connectivity index (χ0n) is 25.8. The first-order valence-corrected chi connectivity index (χ1v) is 15.8. The van der Waals surface area contributed by atoms with Gasteiger partial charge in [0.25, 0.3) is 11.6 Å². The Bertz CT molecular complexity index is 1090. The Balaban J connectivity index is 2.32. The van der Waals surface area contributed by atoms with Crippen LogP contribution in [0, 0.1) is 0 Å². The highest BCUT2D eigenvalue weighted by atomic mass is 16.5. The van der Waals surface area contributed by atoms with Gasteiger partial charge in [-0.2, -0.15) is 0 Å². The molecule has 10 heteroatoms. The number of Topliss-reactive ketones (excluding diaryl/α,β-unsaturated/α-hetero) is 2. The lowest BCUT2D eigenvalue weighted by Gasteiger charge is -2.09. The Morgan fingerprint density at radius 3 is 1.36 bits per heavy atom. The number of carboxylic acid groups (broad SMARTS) is 2. The van der Waals surface area contributed by atoms with Gasteiger partial charge in [0.15, 0.2) is 0 Å². The molecule has 0 aromatic heterocycles. The van der Waals surface area contributed by atoms with E-state index in [9.17, 15) is 28.8 Å². The van der Waals surface area contributed by atoms with E-state index in [0.717, 1.165) is 77.0 Å². The second-order valence-electron chi connectivity index (χ2n) is 10.9. The Labute approximate surface area is 260 Å². The quantitative estimate of drug-likeness (QED) is 0.0457. The van der Waals surface area contributed by atoms with Gasteiger partial charge < -0.3 is 19.7 Å². The van der Waals surface area contributed by atoms with Crippen molar-refractivity contribution in [1.29, 1.82) is 0 Å². The minimum Gasteiger partial charge on any atom is -0.481 e. The molecule has 0 saturated heterocycles. The molecule has 0 aliphatic heterocycles. The normalized spacial score (nSPS) is 10.6. The first kappa shape index (κ1) is 38.2. The van der Waals surface area contributed by atoms with Crippen LogP contribution in [0.25, 0.3) is 6.08 Å². The highest BCUT2D eigenvalue weighted by molar-refractivity contribution is 6.42. The first-order chi connectivity index (χ1) is 21.2. The Kier molecular flexibility index (Phi) is 20.5. The smallest absolute Gasteiger partial charge is 0.379 e. The van der Waals surface area contributed by atoms with Crippen molar-refractivity contribution in [3.8, 4) is 0 Å². The van der Waals surface area contributed by atoms with Crippen molar-refractivity contribution in [2.45, 2.75) is 116 Å². The van der Waals surface area contributed by atoms with Gasteiger partial charge in [0, 0.05) is 24.0 Å². The van der Waals surface area contributed by atoms with Crippen LogP contribution in [0.15, 0.2) is 24.8 Å². The number of rotatable bonds is 27. The van der Waals surface area contributed by atoms with Crippen LogP contribution in [0.3, 0.4) is 0 Å². The van der Waals surface area contributed by atoms with E-state index >= 15 is 0 Å². The molecule has 10 nitrogen and oxygen atoms in total. The van der Waals surface area contributed by atoms with Crippen molar-refractivity contribution in [1.82, 2.24) is 0 Å². The minimum absolute atomic E-state index is 0.0274. The topological polar surface area (TPSA) is 161 Å². The summed E-state index contributed by atoms with van der Waals surface area (Å²) < 4.78 is 10.2. The van der Waals surface area contributed by atoms with Gasteiger partial charge in [0.2, 0.25) is 0 Å². The molecular formula is C34H48O10. The van der Waals surface area contributed by atoms with Crippen LogP contribution >= 0.6 is 0 Å². The van der Waals surface area contributed by atoms with E-state index < -0.39 is 35.4 Å². The molecule has 0 bridgehead atoms. The number of ether oxygens (including phenoxy) is 2. The molecule has 244 valence electrons. The number of carboxylic acids is 2. The van der Waals surface area contributed by atoms with Crippen molar-refractivity contribution < 1.29 is 48.5 Å². The van der Waals surface area contributed by atoms with Crippen molar-refractivity contribution in [3.05, 3.63) is 41.5 Å². The predicted octanol–water partition coefficient (Wildman–Crippen LogP) is 6.97. The van der Waals surface area contributed by atoms with Crippen LogP contribution in [-0.4, -0.2) is 58.9 Å². The van der Waals surface area contributed by atoms with Gasteiger partial charge in [0.05, 0.1) is 13.2 Å². The van der Waals surface area contributed by atoms with E-state index in [-0.39, 0.29) is 42.7 Å². The number of carbonyl (C=O) groups excluding carboxylic acids is 4. The molecule has 1 aromatic carbocycles. The Morgan fingerprint density at radius 1 is 0.568 bits per heavy atom. The standard InChI is InChI=1S/C34H48O10/c1-2-26-25-27(31(39)33(41)43-23-17-13-9-5-3-7-11-15-19-29(35)36)21-22-28(26)32(40)34(42)44-24-18-14-10-6-4-8-12-16-20-30(37)38/h2,21-22,25H,1,3-20,23-24H2,(H,35,36)(H,37,38). The van der Waals surface area contributed by atoms with Gasteiger partial charge in [-0.3, -0.25) is 19.2 Å². The molecule has 0 aliphatic carbocycles. The maximum absolute atomic E-state index is 12.7. The fourth-order valence-electron chi connectivity index (χ4n) is 4.65. The summed E-state index contributed by atoms with van der Waals surface area (Å²) in [5.41, 5.74) is 0.288. The molecule has 0 fully saturated rings. The van der Waals surface area contributed by atoms with Crippen molar-refractivity contribution in [2.75, 3.05) is 13.2 Å². The van der Waals surface area contributed by atoms with Crippen LogP contribution in [-0.2, 0) is 28.7 Å². The Hall–Kier alpha value is -3.82. The van der Waals surface area contributed by atoms with E-state index in [2.05, 4.69) is 6.58 Å². The number of esters is 2. The highest BCUT2D eigenvalue weighted by Crippen LogP contribution is 2.17. The summed E-state index contributed by atoms with van der Waals surface area (Å²) >= 11 is 0. The molecule has 0 radical (unpaired) electrons.